The smallest absolute Gasteiger partial charge is 0.180 e. The van der Waals surface area contributed by atoms with E-state index in [0.29, 0.717) is 17.0 Å². The number of H-pyrrole nitrogens is 1. The summed E-state index contributed by atoms with van der Waals surface area (Å²) < 4.78 is 1.85. The number of hydrogen-bond donors (Lipinski definition) is 3. The van der Waals surface area contributed by atoms with E-state index >= 15 is 0 Å². The summed E-state index contributed by atoms with van der Waals surface area (Å²) in [6.45, 7) is 0. The number of fused-ring (bicyclic) bond motifs is 1. The molecule has 0 unspecified atom stereocenters. The first-order valence-corrected chi connectivity index (χ1v) is 7.97. The number of benzene rings is 1. The Labute approximate surface area is 142 Å². The predicted octanol–water partition coefficient (Wildman–Crippen LogP) is 3.58. The van der Waals surface area contributed by atoms with Crippen molar-refractivity contribution in [2.45, 2.75) is 0 Å². The summed E-state index contributed by atoms with van der Waals surface area (Å²) in [5.41, 5.74) is 2.15. The average molecular weight is 492 g/mol. The molecule has 2 heterocycles. The van der Waals surface area contributed by atoms with Gasteiger partial charge in [0.1, 0.15) is 17.4 Å². The van der Waals surface area contributed by atoms with E-state index in [0.717, 1.165) is 18.5 Å². The minimum atomic E-state index is 0.235. The maximum absolute atomic E-state index is 10.2. The highest BCUT2D eigenvalue weighted by atomic mass is 127. The van der Waals surface area contributed by atoms with Crippen LogP contribution in [0, 0.1) is 7.14 Å². The van der Waals surface area contributed by atoms with E-state index in [9.17, 15) is 5.11 Å². The van der Waals surface area contributed by atoms with E-state index in [4.69, 9.17) is 0 Å². The van der Waals surface area contributed by atoms with Gasteiger partial charge in [0.05, 0.1) is 14.7 Å². The zero-order valence-corrected chi connectivity index (χ0v) is 14.7. The number of nitrogens with one attached hydrogen (secondary N) is 2. The first-order chi connectivity index (χ1) is 9.58. The number of rotatable bonds is 2. The van der Waals surface area contributed by atoms with E-state index in [-0.39, 0.29) is 5.75 Å². The third-order valence-electron chi connectivity index (χ3n) is 2.89. The van der Waals surface area contributed by atoms with Crippen LogP contribution in [0.3, 0.4) is 0 Å². The van der Waals surface area contributed by atoms with Crippen molar-refractivity contribution in [3.63, 3.8) is 0 Å². The van der Waals surface area contributed by atoms with Gasteiger partial charge in [0.25, 0.3) is 0 Å². The number of hydrogen-bond acceptors (Lipinski definition) is 4. The molecule has 1 aromatic carbocycles. The van der Waals surface area contributed by atoms with Crippen LogP contribution in [0.4, 0.5) is 5.82 Å². The fraction of sp³-hybridized carbons (Fsp3) is 0.0769. The number of anilines is 1. The summed E-state index contributed by atoms with van der Waals surface area (Å²) in [6.07, 6.45) is 0. The molecule has 3 aromatic rings. The van der Waals surface area contributed by atoms with Gasteiger partial charge in [-0.25, -0.2) is 9.97 Å². The zero-order valence-electron chi connectivity index (χ0n) is 10.4. The van der Waals surface area contributed by atoms with Crippen molar-refractivity contribution in [1.29, 1.82) is 0 Å². The van der Waals surface area contributed by atoms with Crippen LogP contribution in [0.2, 0.25) is 0 Å². The van der Waals surface area contributed by atoms with E-state index in [1.807, 2.05) is 31.3 Å². The molecule has 0 spiro atoms. The second-order valence-electron chi connectivity index (χ2n) is 4.19. The first kappa shape index (κ1) is 13.9. The molecule has 0 radical (unpaired) electrons. The van der Waals surface area contributed by atoms with E-state index in [2.05, 4.69) is 65.5 Å². The highest BCUT2D eigenvalue weighted by Crippen LogP contribution is 2.34. The molecule has 2 aromatic heterocycles. The second kappa shape index (κ2) is 5.35. The highest BCUT2D eigenvalue weighted by molar-refractivity contribution is 14.1. The van der Waals surface area contributed by atoms with Crippen molar-refractivity contribution in [2.75, 3.05) is 12.4 Å². The van der Waals surface area contributed by atoms with Crippen LogP contribution in [0.1, 0.15) is 0 Å². The fourth-order valence-electron chi connectivity index (χ4n) is 1.91. The number of aromatic nitrogens is 3. The Morgan fingerprint density at radius 3 is 2.75 bits per heavy atom. The quantitative estimate of drug-likeness (QED) is 0.479. The van der Waals surface area contributed by atoms with Gasteiger partial charge in [-0.2, -0.15) is 0 Å². The number of nitrogens with zero attached hydrogens (tertiary/aromatic N) is 2. The second-order valence-corrected chi connectivity index (χ2v) is 6.59. The number of aromatic amines is 1. The molecule has 0 aliphatic rings. The van der Waals surface area contributed by atoms with Crippen molar-refractivity contribution in [3.8, 4) is 17.1 Å². The van der Waals surface area contributed by atoms with Gasteiger partial charge < -0.3 is 15.4 Å². The molecule has 7 heteroatoms. The topological polar surface area (TPSA) is 73.8 Å². The summed E-state index contributed by atoms with van der Waals surface area (Å²) in [7, 11) is 1.81. The van der Waals surface area contributed by atoms with Crippen LogP contribution in [-0.2, 0) is 0 Å². The van der Waals surface area contributed by atoms with Crippen LogP contribution < -0.4 is 5.32 Å². The molecule has 0 fully saturated rings. The third-order valence-corrected chi connectivity index (χ3v) is 4.33. The van der Waals surface area contributed by atoms with E-state index in [1.165, 1.54) is 0 Å². The van der Waals surface area contributed by atoms with Crippen molar-refractivity contribution in [3.05, 3.63) is 31.4 Å². The first-order valence-electron chi connectivity index (χ1n) is 5.81. The van der Waals surface area contributed by atoms with Gasteiger partial charge >= 0.3 is 0 Å². The lowest BCUT2D eigenvalue weighted by Gasteiger charge is -2.04. The molecular weight excluding hydrogens is 482 g/mol. The SMILES string of the molecule is CNc1ccc2[nH]c(-c3cc(I)cc(I)c3O)nc2n1. The average Bonchev–Trinajstić information content (AvgIpc) is 2.85. The molecule has 3 N–H and O–H groups in total. The number of halogens is 2. The lowest BCUT2D eigenvalue weighted by Crippen LogP contribution is -1.91. The van der Waals surface area contributed by atoms with Gasteiger partial charge in [0.2, 0.25) is 0 Å². The Kier molecular flexibility index (Phi) is 3.71. The predicted molar refractivity (Wildman–Crippen MR) is 96.0 cm³/mol. The van der Waals surface area contributed by atoms with E-state index in [1.54, 1.807) is 0 Å². The lowest BCUT2D eigenvalue weighted by atomic mass is 10.2. The minimum Gasteiger partial charge on any atom is -0.506 e. The Hall–Kier alpha value is -1.10. The molecule has 0 aliphatic heterocycles. The van der Waals surface area contributed by atoms with Crippen molar-refractivity contribution >= 4 is 62.2 Å². The van der Waals surface area contributed by atoms with Crippen molar-refractivity contribution < 1.29 is 5.11 Å². The molecule has 0 amide bonds. The zero-order chi connectivity index (χ0) is 14.3. The molecule has 0 bridgehead atoms. The highest BCUT2D eigenvalue weighted by Gasteiger charge is 2.14. The van der Waals surface area contributed by atoms with Gasteiger partial charge in [0, 0.05) is 10.6 Å². The van der Waals surface area contributed by atoms with Gasteiger partial charge in [-0.1, -0.05) is 0 Å². The molecule has 0 aliphatic carbocycles. The minimum absolute atomic E-state index is 0.235. The number of imidazole rings is 1. The van der Waals surface area contributed by atoms with E-state index < -0.39 is 0 Å². The van der Waals surface area contributed by atoms with Gasteiger partial charge in [-0.3, -0.25) is 0 Å². The van der Waals surface area contributed by atoms with Crippen LogP contribution >= 0.6 is 45.2 Å². The molecule has 0 saturated carbocycles. The Morgan fingerprint density at radius 2 is 2.00 bits per heavy atom. The van der Waals surface area contributed by atoms with Crippen LogP contribution in [0.15, 0.2) is 24.3 Å². The summed E-state index contributed by atoms with van der Waals surface area (Å²) in [5.74, 6) is 1.62. The molecule has 102 valence electrons. The van der Waals surface area contributed by atoms with Gasteiger partial charge in [0.15, 0.2) is 5.65 Å². The molecule has 3 rings (SSSR count). The monoisotopic (exact) mass is 492 g/mol. The van der Waals surface area contributed by atoms with Crippen molar-refractivity contribution in [2.24, 2.45) is 0 Å². The Balaban J connectivity index is 2.20. The molecular formula is C13H10I2N4O. The number of phenols is 1. The summed E-state index contributed by atoms with van der Waals surface area (Å²) in [6, 6.07) is 7.61. The molecule has 0 atom stereocenters. The maximum atomic E-state index is 10.2. The number of phenolic OH excluding ortho intramolecular Hbond substituents is 1. The standard InChI is InChI=1S/C13H10I2N4O/c1-16-10-3-2-9-13(18-10)19-12(17-9)7-4-6(14)5-8(15)11(7)20/h2-5,20H,1H3,(H2,16,17,18,19). The summed E-state index contributed by atoms with van der Waals surface area (Å²) in [5, 5.41) is 13.2. The number of pyridine rings is 1. The lowest BCUT2D eigenvalue weighted by molar-refractivity contribution is 0.473. The molecule has 5 nitrogen and oxygen atoms in total. The fourth-order valence-corrected chi connectivity index (χ4v) is 3.75. The normalized spacial score (nSPS) is 10.9. The largest absolute Gasteiger partial charge is 0.506 e. The molecule has 0 saturated heterocycles. The van der Waals surface area contributed by atoms with Crippen LogP contribution in [0.25, 0.3) is 22.6 Å². The van der Waals surface area contributed by atoms with Crippen LogP contribution in [0.5, 0.6) is 5.75 Å². The van der Waals surface area contributed by atoms with Crippen molar-refractivity contribution in [1.82, 2.24) is 15.0 Å². The Morgan fingerprint density at radius 1 is 1.20 bits per heavy atom. The Bertz CT molecular complexity index is 800. The summed E-state index contributed by atoms with van der Waals surface area (Å²) in [4.78, 5) is 12.0. The van der Waals surface area contributed by atoms with Crippen LogP contribution in [-0.4, -0.2) is 27.1 Å². The number of aromatic hydroxyl groups is 1. The van der Waals surface area contributed by atoms with Gasteiger partial charge in [-0.05, 0) is 69.4 Å². The molecule has 20 heavy (non-hydrogen) atoms. The summed E-state index contributed by atoms with van der Waals surface area (Å²) >= 11 is 4.33. The van der Waals surface area contributed by atoms with Gasteiger partial charge in [-0.15, -0.1) is 0 Å². The third kappa shape index (κ3) is 2.43. The maximum Gasteiger partial charge on any atom is 0.180 e.